The number of rotatable bonds is 3. The van der Waals surface area contributed by atoms with Crippen LogP contribution in [0.3, 0.4) is 0 Å². The van der Waals surface area contributed by atoms with E-state index in [2.05, 4.69) is 27.1 Å². The zero-order valence-corrected chi connectivity index (χ0v) is 12.4. The van der Waals surface area contributed by atoms with E-state index in [0.29, 0.717) is 0 Å². The number of hydrogen-bond donors (Lipinski definition) is 1. The topological polar surface area (TPSA) is 43.8 Å². The van der Waals surface area contributed by atoms with Crippen molar-refractivity contribution >= 4 is 21.6 Å². The summed E-state index contributed by atoms with van der Waals surface area (Å²) in [4.78, 5) is 0. The number of halogens is 1. The summed E-state index contributed by atoms with van der Waals surface area (Å²) in [7, 11) is 0. The summed E-state index contributed by atoms with van der Waals surface area (Å²) in [5.41, 5.74) is 9.94. The van der Waals surface area contributed by atoms with E-state index in [-0.39, 0.29) is 0 Å². The molecule has 0 amide bonds. The molecule has 1 heterocycles. The first kappa shape index (κ1) is 12.9. The van der Waals surface area contributed by atoms with Crippen LogP contribution < -0.4 is 5.73 Å². The fraction of sp³-hybridized carbons (Fsp3) is 0.0625. The second-order valence-corrected chi connectivity index (χ2v) is 5.50. The summed E-state index contributed by atoms with van der Waals surface area (Å²) in [5, 5.41) is 4.41. The molecule has 0 atom stereocenters. The van der Waals surface area contributed by atoms with Gasteiger partial charge in [-0.1, -0.05) is 46.3 Å². The largest absolute Gasteiger partial charge is 0.399 e. The van der Waals surface area contributed by atoms with E-state index in [1.807, 2.05) is 59.5 Å². The molecule has 0 unspecified atom stereocenters. The van der Waals surface area contributed by atoms with Crippen LogP contribution in [0, 0.1) is 0 Å². The van der Waals surface area contributed by atoms with Gasteiger partial charge in [0.2, 0.25) is 0 Å². The summed E-state index contributed by atoms with van der Waals surface area (Å²) < 4.78 is 3.03. The molecule has 1 aromatic heterocycles. The lowest BCUT2D eigenvalue weighted by Crippen LogP contribution is -2.00. The van der Waals surface area contributed by atoms with Crippen LogP contribution in [0.15, 0.2) is 65.4 Å². The van der Waals surface area contributed by atoms with Gasteiger partial charge in [-0.05, 0) is 29.3 Å². The lowest BCUT2D eigenvalue weighted by molar-refractivity contribution is 0.685. The van der Waals surface area contributed by atoms with Gasteiger partial charge >= 0.3 is 0 Å². The van der Waals surface area contributed by atoms with E-state index >= 15 is 0 Å². The number of anilines is 1. The molecule has 0 aliphatic heterocycles. The van der Waals surface area contributed by atoms with Gasteiger partial charge in [0, 0.05) is 21.9 Å². The first-order chi connectivity index (χ1) is 9.72. The van der Waals surface area contributed by atoms with Gasteiger partial charge in [0.1, 0.15) is 0 Å². The normalized spacial score (nSPS) is 10.7. The van der Waals surface area contributed by atoms with Gasteiger partial charge in [-0.2, -0.15) is 5.10 Å². The van der Waals surface area contributed by atoms with Gasteiger partial charge in [0.25, 0.3) is 0 Å². The molecule has 3 nitrogen and oxygen atoms in total. The molecule has 3 rings (SSSR count). The Morgan fingerprint density at radius 1 is 1.05 bits per heavy atom. The number of nitrogens with zero attached hydrogens (tertiary/aromatic N) is 2. The maximum absolute atomic E-state index is 5.81. The molecule has 0 aliphatic rings. The van der Waals surface area contributed by atoms with Crippen molar-refractivity contribution in [1.82, 2.24) is 9.78 Å². The van der Waals surface area contributed by atoms with Crippen molar-refractivity contribution in [2.45, 2.75) is 6.54 Å². The smallest absolute Gasteiger partial charge is 0.0670 e. The summed E-state index contributed by atoms with van der Waals surface area (Å²) in [6, 6.07) is 16.0. The van der Waals surface area contributed by atoms with Crippen LogP contribution in [0.5, 0.6) is 0 Å². The lowest BCUT2D eigenvalue weighted by Gasteiger charge is -2.04. The summed E-state index contributed by atoms with van der Waals surface area (Å²) in [6.07, 6.45) is 3.90. The van der Waals surface area contributed by atoms with Crippen molar-refractivity contribution in [3.05, 3.63) is 71.0 Å². The highest BCUT2D eigenvalue weighted by Gasteiger charge is 2.04. The van der Waals surface area contributed by atoms with Crippen molar-refractivity contribution in [2.75, 3.05) is 5.73 Å². The average molecular weight is 328 g/mol. The van der Waals surface area contributed by atoms with Crippen LogP contribution in [0.25, 0.3) is 11.1 Å². The van der Waals surface area contributed by atoms with E-state index in [0.717, 1.165) is 27.8 Å². The quantitative estimate of drug-likeness (QED) is 0.740. The third kappa shape index (κ3) is 2.75. The lowest BCUT2D eigenvalue weighted by atomic mass is 10.1. The SMILES string of the molecule is Nc1cccc(-c2cnn(Cc3ccccc3Br)c2)c1. The Kier molecular flexibility index (Phi) is 3.56. The number of nitrogens with two attached hydrogens (primary N) is 1. The van der Waals surface area contributed by atoms with E-state index in [1.165, 1.54) is 5.56 Å². The van der Waals surface area contributed by atoms with E-state index in [9.17, 15) is 0 Å². The molecule has 0 fully saturated rings. The van der Waals surface area contributed by atoms with Gasteiger partial charge in [0.15, 0.2) is 0 Å². The number of aromatic nitrogens is 2. The Morgan fingerprint density at radius 3 is 2.70 bits per heavy atom. The highest BCUT2D eigenvalue weighted by molar-refractivity contribution is 9.10. The minimum absolute atomic E-state index is 0.740. The minimum Gasteiger partial charge on any atom is -0.399 e. The molecule has 2 N–H and O–H groups in total. The van der Waals surface area contributed by atoms with Crippen LogP contribution in [0.4, 0.5) is 5.69 Å². The second kappa shape index (κ2) is 5.51. The summed E-state index contributed by atoms with van der Waals surface area (Å²) >= 11 is 3.56. The number of benzene rings is 2. The Balaban J connectivity index is 1.86. The zero-order chi connectivity index (χ0) is 13.9. The third-order valence-corrected chi connectivity index (χ3v) is 3.92. The molecule has 2 aromatic carbocycles. The van der Waals surface area contributed by atoms with Gasteiger partial charge in [0.05, 0.1) is 12.7 Å². The molecular weight excluding hydrogens is 314 g/mol. The van der Waals surface area contributed by atoms with Crippen LogP contribution in [0.2, 0.25) is 0 Å². The predicted octanol–water partition coefficient (Wildman–Crippen LogP) is 3.94. The first-order valence-corrected chi connectivity index (χ1v) is 7.13. The third-order valence-electron chi connectivity index (χ3n) is 3.14. The van der Waals surface area contributed by atoms with Crippen molar-refractivity contribution in [1.29, 1.82) is 0 Å². The fourth-order valence-electron chi connectivity index (χ4n) is 2.12. The molecule has 0 saturated heterocycles. The summed E-state index contributed by atoms with van der Waals surface area (Å²) in [5.74, 6) is 0. The molecule has 0 radical (unpaired) electrons. The monoisotopic (exact) mass is 327 g/mol. The zero-order valence-electron chi connectivity index (χ0n) is 10.8. The standard InChI is InChI=1S/C16H14BrN3/c17-16-7-2-1-4-13(16)10-20-11-14(9-19-20)12-5-3-6-15(18)8-12/h1-9,11H,10,18H2. The van der Waals surface area contributed by atoms with Gasteiger partial charge in [-0.15, -0.1) is 0 Å². The van der Waals surface area contributed by atoms with E-state index < -0.39 is 0 Å². The van der Waals surface area contributed by atoms with Gasteiger partial charge in [-0.3, -0.25) is 4.68 Å². The molecule has 4 heteroatoms. The maximum Gasteiger partial charge on any atom is 0.0670 e. The molecule has 3 aromatic rings. The molecule has 100 valence electrons. The highest BCUT2D eigenvalue weighted by Crippen LogP contribution is 2.22. The first-order valence-electron chi connectivity index (χ1n) is 6.34. The molecule has 0 spiro atoms. The number of nitrogen functional groups attached to an aromatic ring is 1. The maximum atomic E-state index is 5.81. The molecular formula is C16H14BrN3. The predicted molar refractivity (Wildman–Crippen MR) is 85.3 cm³/mol. The molecule has 0 aliphatic carbocycles. The van der Waals surface area contributed by atoms with Crippen molar-refractivity contribution < 1.29 is 0 Å². The van der Waals surface area contributed by atoms with Gasteiger partial charge < -0.3 is 5.73 Å². The Hall–Kier alpha value is -2.07. The average Bonchev–Trinajstić information content (AvgIpc) is 2.90. The number of hydrogen-bond acceptors (Lipinski definition) is 2. The van der Waals surface area contributed by atoms with Crippen molar-refractivity contribution in [3.8, 4) is 11.1 Å². The Bertz CT molecular complexity index is 734. The van der Waals surface area contributed by atoms with Crippen LogP contribution in [0.1, 0.15) is 5.56 Å². The molecule has 0 bridgehead atoms. The van der Waals surface area contributed by atoms with Crippen LogP contribution in [-0.4, -0.2) is 9.78 Å². The van der Waals surface area contributed by atoms with E-state index in [1.54, 1.807) is 0 Å². The second-order valence-electron chi connectivity index (χ2n) is 4.64. The highest BCUT2D eigenvalue weighted by atomic mass is 79.9. The van der Waals surface area contributed by atoms with Crippen LogP contribution in [-0.2, 0) is 6.54 Å². The molecule has 0 saturated carbocycles. The van der Waals surface area contributed by atoms with Gasteiger partial charge in [-0.25, -0.2) is 0 Å². The molecule has 20 heavy (non-hydrogen) atoms. The van der Waals surface area contributed by atoms with Crippen molar-refractivity contribution in [2.24, 2.45) is 0 Å². The van der Waals surface area contributed by atoms with Crippen LogP contribution >= 0.6 is 15.9 Å². The minimum atomic E-state index is 0.740. The van der Waals surface area contributed by atoms with E-state index in [4.69, 9.17) is 5.73 Å². The van der Waals surface area contributed by atoms with Crippen molar-refractivity contribution in [3.63, 3.8) is 0 Å². The Labute approximate surface area is 126 Å². The Morgan fingerprint density at radius 2 is 1.90 bits per heavy atom. The fourth-order valence-corrected chi connectivity index (χ4v) is 2.53. The summed E-state index contributed by atoms with van der Waals surface area (Å²) in [6.45, 7) is 0.740.